The average molecular weight is 314 g/mol. The van der Waals surface area contributed by atoms with Gasteiger partial charge in [-0.25, -0.2) is 0 Å². The Hall–Kier alpha value is -1.10. The fourth-order valence-corrected chi connectivity index (χ4v) is 2.43. The summed E-state index contributed by atoms with van der Waals surface area (Å²) in [5, 5.41) is 5.13. The molecule has 0 amide bonds. The van der Waals surface area contributed by atoms with Gasteiger partial charge in [0.1, 0.15) is 0 Å². The monoisotopic (exact) mass is 313 g/mol. The molecule has 1 aromatic heterocycles. The van der Waals surface area contributed by atoms with Crippen LogP contribution in [0.15, 0.2) is 22.7 Å². The lowest BCUT2D eigenvalue weighted by atomic mass is 10.1. The first kappa shape index (κ1) is 15.3. The van der Waals surface area contributed by atoms with Crippen molar-refractivity contribution in [2.75, 3.05) is 0 Å². The summed E-state index contributed by atoms with van der Waals surface area (Å²) in [6.07, 6.45) is 3.40. The minimum atomic E-state index is -0.210. The molecule has 0 unspecified atom stereocenters. The maximum atomic E-state index is 6.12. The molecule has 0 aliphatic carbocycles. The lowest BCUT2D eigenvalue weighted by Gasteiger charge is -2.04. The highest BCUT2D eigenvalue weighted by Gasteiger charge is 2.16. The van der Waals surface area contributed by atoms with Gasteiger partial charge in [-0.05, 0) is 24.1 Å². The van der Waals surface area contributed by atoms with E-state index in [4.69, 9.17) is 33.5 Å². The molecule has 20 heavy (non-hydrogen) atoms. The highest BCUT2D eigenvalue weighted by Crippen LogP contribution is 2.26. The van der Waals surface area contributed by atoms with Gasteiger partial charge in [0.25, 0.3) is 0 Å². The molecule has 0 aliphatic rings. The van der Waals surface area contributed by atoms with E-state index in [0.29, 0.717) is 28.2 Å². The van der Waals surface area contributed by atoms with E-state index in [9.17, 15) is 0 Å². The number of rotatable bonds is 6. The van der Waals surface area contributed by atoms with Crippen LogP contribution < -0.4 is 5.73 Å². The Kier molecular flexibility index (Phi) is 5.40. The van der Waals surface area contributed by atoms with Crippen LogP contribution in [0.5, 0.6) is 0 Å². The fourth-order valence-electron chi connectivity index (χ4n) is 1.90. The highest BCUT2D eigenvalue weighted by atomic mass is 35.5. The molecule has 1 aromatic carbocycles. The van der Waals surface area contributed by atoms with Crippen LogP contribution in [0.3, 0.4) is 0 Å². The van der Waals surface area contributed by atoms with E-state index in [1.165, 1.54) is 0 Å². The number of hydrogen-bond acceptors (Lipinski definition) is 4. The van der Waals surface area contributed by atoms with Gasteiger partial charge in [-0.15, -0.1) is 0 Å². The molecule has 0 saturated carbocycles. The number of aromatic nitrogens is 2. The largest absolute Gasteiger partial charge is 0.338 e. The van der Waals surface area contributed by atoms with Crippen molar-refractivity contribution < 1.29 is 4.52 Å². The summed E-state index contributed by atoms with van der Waals surface area (Å²) in [7, 11) is 0. The topological polar surface area (TPSA) is 64.9 Å². The van der Waals surface area contributed by atoms with Crippen molar-refractivity contribution in [3.63, 3.8) is 0 Å². The maximum absolute atomic E-state index is 6.12. The van der Waals surface area contributed by atoms with Crippen LogP contribution >= 0.6 is 23.2 Å². The van der Waals surface area contributed by atoms with Gasteiger partial charge in [-0.1, -0.05) is 54.2 Å². The van der Waals surface area contributed by atoms with Crippen molar-refractivity contribution in [1.29, 1.82) is 0 Å². The van der Waals surface area contributed by atoms with Gasteiger partial charge in [0.05, 0.1) is 6.04 Å². The predicted molar refractivity (Wildman–Crippen MR) is 80.0 cm³/mol. The molecular formula is C14H17Cl2N3O. The second-order valence-electron chi connectivity index (χ2n) is 4.67. The molecular weight excluding hydrogens is 297 g/mol. The summed E-state index contributed by atoms with van der Waals surface area (Å²) in [6.45, 7) is 2.12. The van der Waals surface area contributed by atoms with Crippen LogP contribution in [-0.4, -0.2) is 10.1 Å². The highest BCUT2D eigenvalue weighted by molar-refractivity contribution is 6.36. The van der Waals surface area contributed by atoms with E-state index >= 15 is 0 Å². The molecule has 0 spiro atoms. The quantitative estimate of drug-likeness (QED) is 0.869. The second kappa shape index (κ2) is 7.07. The Morgan fingerprint density at radius 1 is 1.30 bits per heavy atom. The first-order chi connectivity index (χ1) is 9.61. The van der Waals surface area contributed by atoms with E-state index in [1.54, 1.807) is 18.2 Å². The van der Waals surface area contributed by atoms with Crippen molar-refractivity contribution in [2.24, 2.45) is 5.73 Å². The molecule has 0 radical (unpaired) electrons. The summed E-state index contributed by atoms with van der Waals surface area (Å²) in [6, 6.07) is 5.17. The molecule has 0 aliphatic heterocycles. The summed E-state index contributed by atoms with van der Waals surface area (Å²) >= 11 is 12.2. The Balaban J connectivity index is 2.10. The first-order valence-corrected chi connectivity index (χ1v) is 7.38. The fraction of sp³-hybridized carbons (Fsp3) is 0.429. The summed E-state index contributed by atoms with van der Waals surface area (Å²) in [4.78, 5) is 4.32. The Morgan fingerprint density at radius 3 is 2.65 bits per heavy atom. The van der Waals surface area contributed by atoms with Crippen LogP contribution in [0.4, 0.5) is 0 Å². The van der Waals surface area contributed by atoms with Crippen molar-refractivity contribution in [1.82, 2.24) is 10.1 Å². The third-order valence-electron chi connectivity index (χ3n) is 3.07. The first-order valence-electron chi connectivity index (χ1n) is 6.62. The smallest absolute Gasteiger partial charge is 0.243 e. The molecule has 2 rings (SSSR count). The molecule has 2 N–H and O–H groups in total. The molecule has 0 saturated heterocycles. The molecule has 1 heterocycles. The molecule has 2 aromatic rings. The Bertz CT molecular complexity index is 551. The number of halogens is 2. The minimum absolute atomic E-state index is 0.210. The van der Waals surface area contributed by atoms with E-state index in [1.807, 2.05) is 0 Å². The van der Waals surface area contributed by atoms with Crippen LogP contribution in [0.25, 0.3) is 0 Å². The van der Waals surface area contributed by atoms with Gasteiger partial charge in [-0.3, -0.25) is 0 Å². The third-order valence-corrected chi connectivity index (χ3v) is 3.77. The van der Waals surface area contributed by atoms with E-state index in [2.05, 4.69) is 17.1 Å². The van der Waals surface area contributed by atoms with Crippen LogP contribution in [0.1, 0.15) is 49.5 Å². The standard InChI is InChI=1S/C14H17Cl2N3O/c1-2-3-7-12(17)14-18-13(19-20-14)8-9-10(15)5-4-6-11(9)16/h4-6,12H,2-3,7-8,17H2,1H3/t12-/m0/s1. The molecule has 1 atom stereocenters. The van der Waals surface area contributed by atoms with Crippen LogP contribution in [-0.2, 0) is 6.42 Å². The van der Waals surface area contributed by atoms with Gasteiger partial charge < -0.3 is 10.3 Å². The summed E-state index contributed by atoms with van der Waals surface area (Å²) < 4.78 is 5.20. The molecule has 4 nitrogen and oxygen atoms in total. The molecule has 0 fully saturated rings. The lowest BCUT2D eigenvalue weighted by Crippen LogP contribution is -2.10. The van der Waals surface area contributed by atoms with Crippen LogP contribution in [0.2, 0.25) is 10.0 Å². The number of hydrogen-bond donors (Lipinski definition) is 1. The van der Waals surface area contributed by atoms with E-state index in [-0.39, 0.29) is 6.04 Å². The lowest BCUT2D eigenvalue weighted by molar-refractivity contribution is 0.343. The van der Waals surface area contributed by atoms with Crippen molar-refractivity contribution >= 4 is 23.2 Å². The van der Waals surface area contributed by atoms with E-state index in [0.717, 1.165) is 24.8 Å². The zero-order valence-corrected chi connectivity index (χ0v) is 12.8. The number of nitrogens with two attached hydrogens (primary N) is 1. The summed E-state index contributed by atoms with van der Waals surface area (Å²) in [5.41, 5.74) is 6.80. The van der Waals surface area contributed by atoms with Gasteiger partial charge in [0.15, 0.2) is 5.82 Å². The summed E-state index contributed by atoms with van der Waals surface area (Å²) in [5.74, 6) is 1.01. The van der Waals surface area contributed by atoms with Crippen molar-refractivity contribution in [2.45, 2.75) is 38.6 Å². The molecule has 6 heteroatoms. The minimum Gasteiger partial charge on any atom is -0.338 e. The molecule has 108 valence electrons. The zero-order chi connectivity index (χ0) is 14.5. The molecule has 0 bridgehead atoms. The van der Waals surface area contributed by atoms with Gasteiger partial charge in [0, 0.05) is 16.5 Å². The Morgan fingerprint density at radius 2 is 2.00 bits per heavy atom. The predicted octanol–water partition coefficient (Wildman–Crippen LogP) is 4.16. The zero-order valence-electron chi connectivity index (χ0n) is 11.3. The Labute approximate surface area is 128 Å². The average Bonchev–Trinajstić information content (AvgIpc) is 2.89. The number of unbranched alkanes of at least 4 members (excludes halogenated alkanes) is 1. The maximum Gasteiger partial charge on any atom is 0.243 e. The van der Waals surface area contributed by atoms with Crippen molar-refractivity contribution in [3.05, 3.63) is 45.5 Å². The van der Waals surface area contributed by atoms with Gasteiger partial charge >= 0.3 is 0 Å². The van der Waals surface area contributed by atoms with Crippen LogP contribution in [0, 0.1) is 0 Å². The van der Waals surface area contributed by atoms with E-state index < -0.39 is 0 Å². The second-order valence-corrected chi connectivity index (χ2v) is 5.49. The normalized spacial score (nSPS) is 12.6. The number of benzene rings is 1. The van der Waals surface area contributed by atoms with Gasteiger partial charge in [0.2, 0.25) is 5.89 Å². The van der Waals surface area contributed by atoms with Crippen molar-refractivity contribution in [3.8, 4) is 0 Å². The third kappa shape index (κ3) is 3.72. The number of nitrogens with zero attached hydrogens (tertiary/aromatic N) is 2. The SMILES string of the molecule is CCCC[C@H](N)c1nc(Cc2c(Cl)cccc2Cl)no1. The van der Waals surface area contributed by atoms with Gasteiger partial charge in [-0.2, -0.15) is 4.98 Å².